The lowest BCUT2D eigenvalue weighted by Crippen LogP contribution is -2.45. The molecule has 2 bridgehead atoms. The van der Waals surface area contributed by atoms with Crippen molar-refractivity contribution in [3.8, 4) is 5.75 Å². The fourth-order valence-corrected chi connectivity index (χ4v) is 4.96. The van der Waals surface area contributed by atoms with Crippen LogP contribution in [0.1, 0.15) is 44.4 Å². The number of fused-ring (bicyclic) bond motifs is 6. The number of aromatic hydroxyl groups is 1. The molecule has 0 fully saturated rings. The van der Waals surface area contributed by atoms with E-state index in [1.807, 2.05) is 0 Å². The molecule has 182 valence electrons. The molecular formula is C24H19ClF3N3O4. The van der Waals surface area contributed by atoms with Gasteiger partial charge in [0.25, 0.3) is 11.8 Å². The van der Waals surface area contributed by atoms with Gasteiger partial charge in [-0.25, -0.2) is 13.2 Å². The summed E-state index contributed by atoms with van der Waals surface area (Å²) >= 11 is 6.14. The Balaban J connectivity index is 1.53. The molecule has 5 rings (SSSR count). The molecule has 1 aliphatic carbocycles. The van der Waals surface area contributed by atoms with Crippen LogP contribution in [0.4, 0.5) is 13.2 Å². The highest BCUT2D eigenvalue weighted by Gasteiger charge is 2.38. The number of rotatable bonds is 3. The predicted octanol–water partition coefficient (Wildman–Crippen LogP) is 3.36. The van der Waals surface area contributed by atoms with Crippen molar-refractivity contribution in [3.63, 3.8) is 0 Å². The summed E-state index contributed by atoms with van der Waals surface area (Å²) in [5.41, 5.74) is -0.636. The molecule has 1 aromatic heterocycles. The van der Waals surface area contributed by atoms with Crippen LogP contribution in [0, 0.1) is 0 Å². The summed E-state index contributed by atoms with van der Waals surface area (Å²) in [4.78, 5) is 40.2. The number of hydrogen-bond acceptors (Lipinski definition) is 4. The number of carbonyl (C=O) groups is 2. The maximum atomic E-state index is 14.0. The van der Waals surface area contributed by atoms with E-state index >= 15 is 0 Å². The summed E-state index contributed by atoms with van der Waals surface area (Å²) in [7, 11) is 0. The second-order valence-electron chi connectivity index (χ2n) is 8.64. The first kappa shape index (κ1) is 23.2. The number of carbonyl (C=O) groups excluding carboxylic acids is 2. The first-order chi connectivity index (χ1) is 16.7. The summed E-state index contributed by atoms with van der Waals surface area (Å²) in [6.07, 6.45) is -0.149. The van der Waals surface area contributed by atoms with Gasteiger partial charge < -0.3 is 19.9 Å². The molecule has 2 aliphatic heterocycles. The monoisotopic (exact) mass is 505 g/mol. The molecule has 2 atom stereocenters. The Labute approximate surface area is 202 Å². The van der Waals surface area contributed by atoms with E-state index in [4.69, 9.17) is 11.6 Å². The minimum atomic E-state index is -1.80. The van der Waals surface area contributed by atoms with Crippen molar-refractivity contribution < 1.29 is 27.9 Å². The molecular weight excluding hydrogens is 487 g/mol. The van der Waals surface area contributed by atoms with E-state index in [-0.39, 0.29) is 12.2 Å². The fraction of sp³-hybridized carbons (Fsp3) is 0.292. The van der Waals surface area contributed by atoms with E-state index in [1.54, 1.807) is 18.2 Å². The third-order valence-electron chi connectivity index (χ3n) is 6.53. The zero-order chi connectivity index (χ0) is 25.0. The Hall–Kier alpha value is -3.53. The lowest BCUT2D eigenvalue weighted by atomic mass is 9.97. The number of amides is 2. The van der Waals surface area contributed by atoms with Crippen LogP contribution < -0.4 is 10.7 Å². The van der Waals surface area contributed by atoms with E-state index in [1.165, 1.54) is 15.7 Å². The van der Waals surface area contributed by atoms with Gasteiger partial charge in [0.05, 0.1) is 6.04 Å². The van der Waals surface area contributed by atoms with Gasteiger partial charge in [-0.05, 0) is 35.8 Å². The van der Waals surface area contributed by atoms with Crippen molar-refractivity contribution in [2.24, 2.45) is 0 Å². The summed E-state index contributed by atoms with van der Waals surface area (Å²) < 4.78 is 42.7. The molecule has 3 aliphatic rings. The maximum Gasteiger partial charge on any atom is 0.274 e. The van der Waals surface area contributed by atoms with Gasteiger partial charge in [0, 0.05) is 42.8 Å². The molecule has 1 unspecified atom stereocenters. The van der Waals surface area contributed by atoms with E-state index < -0.39 is 71.0 Å². The Morgan fingerprint density at radius 2 is 2.03 bits per heavy atom. The number of nitrogens with one attached hydrogen (secondary N) is 1. The molecule has 2 N–H and O–H groups in total. The third kappa shape index (κ3) is 3.91. The number of alkyl halides is 1. The summed E-state index contributed by atoms with van der Waals surface area (Å²) in [5.74, 6) is -4.61. The van der Waals surface area contributed by atoms with E-state index in [2.05, 4.69) is 5.32 Å². The van der Waals surface area contributed by atoms with Crippen LogP contribution in [0.15, 0.2) is 52.5 Å². The van der Waals surface area contributed by atoms with Crippen LogP contribution >= 0.6 is 11.6 Å². The Morgan fingerprint density at radius 3 is 2.77 bits per heavy atom. The van der Waals surface area contributed by atoms with Gasteiger partial charge in [0.1, 0.15) is 23.4 Å². The van der Waals surface area contributed by atoms with Gasteiger partial charge in [0.15, 0.2) is 11.4 Å². The molecule has 7 nitrogen and oxygen atoms in total. The first-order valence-corrected chi connectivity index (χ1v) is 11.3. The predicted molar refractivity (Wildman–Crippen MR) is 121 cm³/mol. The standard InChI is InChI=1S/C24H19ClF3N3O4/c25-12-1-2-14-11(5-12)3-4-30-10-19(14)31-9-16(21(32)22(33)20(31)24(30)35)23(34)29-8-15-17(27)6-13(26)7-18(15)28/h1-2,5-6,9,13,19,33H,3-4,7-8,10H2,(H,29,34)/t13?,19-/m1/s1. The quantitative estimate of drug-likeness (QED) is 0.669. The van der Waals surface area contributed by atoms with Crippen molar-refractivity contribution in [3.05, 3.63) is 85.3 Å². The van der Waals surface area contributed by atoms with Crippen LogP contribution in [0.3, 0.4) is 0 Å². The minimum Gasteiger partial charge on any atom is -0.503 e. The lowest BCUT2D eigenvalue weighted by Gasteiger charge is -2.35. The Morgan fingerprint density at radius 1 is 1.26 bits per heavy atom. The molecule has 2 amide bonds. The highest BCUT2D eigenvalue weighted by atomic mass is 35.5. The largest absolute Gasteiger partial charge is 0.503 e. The molecule has 1 aromatic carbocycles. The van der Waals surface area contributed by atoms with Crippen molar-refractivity contribution in [2.75, 3.05) is 19.6 Å². The Bertz CT molecular complexity index is 1400. The van der Waals surface area contributed by atoms with Crippen molar-refractivity contribution in [1.82, 2.24) is 14.8 Å². The third-order valence-corrected chi connectivity index (χ3v) is 6.77. The number of aromatic nitrogens is 1. The summed E-state index contributed by atoms with van der Waals surface area (Å²) in [5, 5.41) is 13.4. The minimum absolute atomic E-state index is 0.241. The second kappa shape index (κ2) is 8.60. The second-order valence-corrected chi connectivity index (χ2v) is 9.07. The number of hydrogen-bond donors (Lipinski definition) is 2. The number of nitrogens with zero attached hydrogens (tertiary/aromatic N) is 2. The SMILES string of the molecule is O=C(NCC1=C(F)CC(F)C=C1F)c1cn2c(c(O)c1=O)C(=O)N1CCc3cc(Cl)ccc3[C@H]2C1. The average molecular weight is 506 g/mol. The number of pyridine rings is 1. The molecule has 0 spiro atoms. The molecule has 0 saturated carbocycles. The number of halogens is 4. The molecule has 35 heavy (non-hydrogen) atoms. The van der Waals surface area contributed by atoms with E-state index in [0.717, 1.165) is 11.1 Å². The van der Waals surface area contributed by atoms with Crippen LogP contribution in [-0.4, -0.2) is 52.2 Å². The van der Waals surface area contributed by atoms with E-state index in [9.17, 15) is 32.7 Å². The van der Waals surface area contributed by atoms with Crippen LogP contribution in [0.2, 0.25) is 5.02 Å². The molecule has 11 heteroatoms. The fourth-order valence-electron chi connectivity index (χ4n) is 4.77. The van der Waals surface area contributed by atoms with Crippen LogP contribution in [0.5, 0.6) is 5.75 Å². The highest BCUT2D eigenvalue weighted by molar-refractivity contribution is 6.30. The van der Waals surface area contributed by atoms with Crippen LogP contribution in [0.25, 0.3) is 0 Å². The van der Waals surface area contributed by atoms with Crippen LogP contribution in [-0.2, 0) is 6.42 Å². The van der Waals surface area contributed by atoms with Gasteiger partial charge in [-0.3, -0.25) is 14.4 Å². The highest BCUT2D eigenvalue weighted by Crippen LogP contribution is 2.36. The molecule has 0 radical (unpaired) electrons. The van der Waals surface area contributed by atoms with Gasteiger partial charge in [-0.2, -0.15) is 0 Å². The smallest absolute Gasteiger partial charge is 0.274 e. The lowest BCUT2D eigenvalue weighted by molar-refractivity contribution is 0.0686. The van der Waals surface area contributed by atoms with Gasteiger partial charge in [-0.15, -0.1) is 0 Å². The summed E-state index contributed by atoms with van der Waals surface area (Å²) in [6, 6.07) is 4.77. The van der Waals surface area contributed by atoms with Crippen molar-refractivity contribution >= 4 is 23.4 Å². The number of allylic oxidation sites excluding steroid dienone is 2. The topological polar surface area (TPSA) is 91.6 Å². The molecule has 2 aromatic rings. The first-order valence-electron chi connectivity index (χ1n) is 10.9. The Kier molecular flexibility index (Phi) is 5.71. The zero-order valence-electron chi connectivity index (χ0n) is 18.2. The zero-order valence-corrected chi connectivity index (χ0v) is 18.9. The van der Waals surface area contributed by atoms with Gasteiger partial charge >= 0.3 is 0 Å². The molecule has 0 saturated heterocycles. The van der Waals surface area contributed by atoms with Crippen molar-refractivity contribution in [2.45, 2.75) is 25.1 Å². The normalized spacial score (nSPS) is 21.2. The number of benzene rings is 1. The van der Waals surface area contributed by atoms with E-state index in [0.29, 0.717) is 24.1 Å². The average Bonchev–Trinajstić information content (AvgIpc) is 2.96. The van der Waals surface area contributed by atoms with Crippen molar-refractivity contribution in [1.29, 1.82) is 0 Å². The summed E-state index contributed by atoms with van der Waals surface area (Å²) in [6.45, 7) is -0.0144. The maximum absolute atomic E-state index is 14.0. The molecule has 3 heterocycles. The van der Waals surface area contributed by atoms with Gasteiger partial charge in [-0.1, -0.05) is 17.7 Å². The van der Waals surface area contributed by atoms with Gasteiger partial charge in [0.2, 0.25) is 5.43 Å².